The van der Waals surface area contributed by atoms with Gasteiger partial charge in [-0.15, -0.1) is 0 Å². The van der Waals surface area contributed by atoms with Gasteiger partial charge in [-0.3, -0.25) is 9.59 Å². The van der Waals surface area contributed by atoms with Gasteiger partial charge in [-0.2, -0.15) is 0 Å². The van der Waals surface area contributed by atoms with Crippen LogP contribution in [0.5, 0.6) is 0 Å². The molecule has 2 atom stereocenters. The van der Waals surface area contributed by atoms with Crippen molar-refractivity contribution in [3.8, 4) is 0 Å². The standard InChI is InChI=1S/C14H22N2O2/c17-13(15-10-6-7-10)14(18)16-12-8-11(12)9-4-2-1-3-5-9/h9-12H,1-8H2,(H,15,17)(H,16,18). The van der Waals surface area contributed by atoms with Crippen LogP contribution >= 0.6 is 0 Å². The lowest BCUT2D eigenvalue weighted by Gasteiger charge is -2.21. The summed E-state index contributed by atoms with van der Waals surface area (Å²) in [5.41, 5.74) is 0. The molecule has 3 rings (SSSR count). The molecule has 0 radical (unpaired) electrons. The largest absolute Gasteiger partial charge is 0.345 e. The maximum Gasteiger partial charge on any atom is 0.309 e. The van der Waals surface area contributed by atoms with Crippen LogP contribution in [0.3, 0.4) is 0 Å². The SMILES string of the molecule is O=C(NC1CC1)C(=O)NC1CC1C1CCCCC1. The van der Waals surface area contributed by atoms with Gasteiger partial charge in [0.2, 0.25) is 0 Å². The number of amides is 2. The average Bonchev–Trinajstić information content (AvgIpc) is 3.26. The summed E-state index contributed by atoms with van der Waals surface area (Å²) in [6, 6.07) is 0.530. The topological polar surface area (TPSA) is 58.2 Å². The Labute approximate surface area is 108 Å². The molecule has 0 spiro atoms. The van der Waals surface area contributed by atoms with Gasteiger partial charge >= 0.3 is 11.8 Å². The van der Waals surface area contributed by atoms with Crippen molar-refractivity contribution in [3.63, 3.8) is 0 Å². The predicted octanol–water partition coefficient (Wildman–Crippen LogP) is 1.35. The first-order chi connectivity index (χ1) is 8.74. The molecule has 3 fully saturated rings. The lowest BCUT2D eigenvalue weighted by Crippen LogP contribution is -2.42. The minimum Gasteiger partial charge on any atom is -0.345 e. The molecule has 3 aliphatic rings. The number of rotatable bonds is 3. The van der Waals surface area contributed by atoms with Crippen molar-refractivity contribution in [2.45, 2.75) is 63.5 Å². The Kier molecular flexibility index (Phi) is 3.27. The maximum absolute atomic E-state index is 11.7. The molecule has 0 aliphatic heterocycles. The van der Waals surface area contributed by atoms with Crippen LogP contribution < -0.4 is 10.6 Å². The van der Waals surface area contributed by atoms with Crippen molar-refractivity contribution in [3.05, 3.63) is 0 Å². The van der Waals surface area contributed by atoms with Crippen LogP contribution in [0, 0.1) is 11.8 Å². The van der Waals surface area contributed by atoms with Crippen LogP contribution in [0.15, 0.2) is 0 Å². The molecule has 100 valence electrons. The quantitative estimate of drug-likeness (QED) is 0.743. The zero-order valence-electron chi connectivity index (χ0n) is 10.8. The lowest BCUT2D eigenvalue weighted by molar-refractivity contribution is -0.139. The van der Waals surface area contributed by atoms with Crippen LogP contribution in [0.1, 0.15) is 51.4 Å². The summed E-state index contributed by atoms with van der Waals surface area (Å²) in [7, 11) is 0. The Balaban J connectivity index is 1.40. The number of hydrogen-bond acceptors (Lipinski definition) is 2. The Morgan fingerprint density at radius 1 is 0.833 bits per heavy atom. The molecule has 4 nitrogen and oxygen atoms in total. The van der Waals surface area contributed by atoms with E-state index in [9.17, 15) is 9.59 Å². The third kappa shape index (κ3) is 2.85. The van der Waals surface area contributed by atoms with Crippen LogP contribution in [0.4, 0.5) is 0 Å². The van der Waals surface area contributed by atoms with Crippen LogP contribution in [-0.2, 0) is 9.59 Å². The van der Waals surface area contributed by atoms with E-state index in [1.54, 1.807) is 0 Å². The van der Waals surface area contributed by atoms with E-state index >= 15 is 0 Å². The third-order valence-corrected chi connectivity index (χ3v) is 4.53. The molecule has 0 aromatic carbocycles. The Hall–Kier alpha value is -1.06. The lowest BCUT2D eigenvalue weighted by atomic mass is 9.85. The molecule has 0 saturated heterocycles. The smallest absolute Gasteiger partial charge is 0.309 e. The summed E-state index contributed by atoms with van der Waals surface area (Å²) in [6.07, 6.45) is 9.78. The molecule has 0 bridgehead atoms. The summed E-state index contributed by atoms with van der Waals surface area (Å²) in [5.74, 6) is 0.565. The van der Waals surface area contributed by atoms with E-state index in [4.69, 9.17) is 0 Å². The zero-order valence-corrected chi connectivity index (χ0v) is 10.8. The van der Waals surface area contributed by atoms with Gasteiger partial charge in [-0.1, -0.05) is 32.1 Å². The van der Waals surface area contributed by atoms with Crippen LogP contribution in [0.2, 0.25) is 0 Å². The summed E-state index contributed by atoms with van der Waals surface area (Å²) in [4.78, 5) is 23.2. The fourth-order valence-electron chi connectivity index (χ4n) is 3.18. The normalized spacial score (nSPS) is 31.8. The van der Waals surface area contributed by atoms with E-state index in [-0.39, 0.29) is 12.1 Å². The fraction of sp³-hybridized carbons (Fsp3) is 0.857. The third-order valence-electron chi connectivity index (χ3n) is 4.53. The first-order valence-corrected chi connectivity index (χ1v) is 7.35. The monoisotopic (exact) mass is 250 g/mol. The van der Waals surface area contributed by atoms with Gasteiger partial charge in [0, 0.05) is 12.1 Å². The Morgan fingerprint density at radius 3 is 2.17 bits per heavy atom. The van der Waals surface area contributed by atoms with E-state index in [1.165, 1.54) is 32.1 Å². The summed E-state index contributed by atoms with van der Waals surface area (Å²) < 4.78 is 0. The second-order valence-electron chi connectivity index (χ2n) is 6.13. The van der Waals surface area contributed by atoms with Crippen molar-refractivity contribution in [2.24, 2.45) is 11.8 Å². The van der Waals surface area contributed by atoms with E-state index in [2.05, 4.69) is 10.6 Å². The van der Waals surface area contributed by atoms with Crippen molar-refractivity contribution in [1.82, 2.24) is 10.6 Å². The highest BCUT2D eigenvalue weighted by molar-refractivity contribution is 6.35. The van der Waals surface area contributed by atoms with Crippen LogP contribution in [-0.4, -0.2) is 23.9 Å². The van der Waals surface area contributed by atoms with Gasteiger partial charge < -0.3 is 10.6 Å². The number of carbonyl (C=O) groups is 2. The first-order valence-electron chi connectivity index (χ1n) is 7.35. The molecule has 2 unspecified atom stereocenters. The van der Waals surface area contributed by atoms with Crippen molar-refractivity contribution in [2.75, 3.05) is 0 Å². The summed E-state index contributed by atoms with van der Waals surface area (Å²) in [5, 5.41) is 5.61. The first kappa shape index (κ1) is 12.0. The van der Waals surface area contributed by atoms with Gasteiger partial charge in [0.05, 0.1) is 0 Å². The Morgan fingerprint density at radius 2 is 1.50 bits per heavy atom. The van der Waals surface area contributed by atoms with Crippen molar-refractivity contribution < 1.29 is 9.59 Å². The van der Waals surface area contributed by atoms with Gasteiger partial charge in [-0.05, 0) is 31.1 Å². The molecule has 2 N–H and O–H groups in total. The highest BCUT2D eigenvalue weighted by atomic mass is 16.2. The molecule has 18 heavy (non-hydrogen) atoms. The molecule has 4 heteroatoms. The fourth-order valence-corrected chi connectivity index (χ4v) is 3.18. The number of carbonyl (C=O) groups excluding carboxylic acids is 2. The summed E-state index contributed by atoms with van der Waals surface area (Å²) >= 11 is 0. The molecular weight excluding hydrogens is 228 g/mol. The Bertz CT molecular complexity index is 346. The second kappa shape index (κ2) is 4.90. The van der Waals surface area contributed by atoms with E-state index < -0.39 is 11.8 Å². The van der Waals surface area contributed by atoms with Crippen molar-refractivity contribution in [1.29, 1.82) is 0 Å². The number of nitrogens with one attached hydrogen (secondary N) is 2. The molecule has 0 aromatic heterocycles. The van der Waals surface area contributed by atoms with E-state index in [0.717, 1.165) is 25.2 Å². The highest BCUT2D eigenvalue weighted by Gasteiger charge is 2.44. The van der Waals surface area contributed by atoms with Crippen LogP contribution in [0.25, 0.3) is 0 Å². The molecule has 0 aromatic rings. The highest BCUT2D eigenvalue weighted by Crippen LogP contribution is 2.44. The zero-order chi connectivity index (χ0) is 12.5. The van der Waals surface area contributed by atoms with Crippen molar-refractivity contribution >= 4 is 11.8 Å². The van der Waals surface area contributed by atoms with Gasteiger partial charge in [0.1, 0.15) is 0 Å². The van der Waals surface area contributed by atoms with E-state index in [1.807, 2.05) is 0 Å². The maximum atomic E-state index is 11.7. The number of hydrogen-bond donors (Lipinski definition) is 2. The molecular formula is C14H22N2O2. The second-order valence-corrected chi connectivity index (χ2v) is 6.13. The van der Waals surface area contributed by atoms with E-state index in [0.29, 0.717) is 5.92 Å². The average molecular weight is 250 g/mol. The minimum atomic E-state index is -0.438. The predicted molar refractivity (Wildman–Crippen MR) is 67.8 cm³/mol. The molecule has 3 aliphatic carbocycles. The van der Waals surface area contributed by atoms with Gasteiger partial charge in [-0.25, -0.2) is 0 Å². The van der Waals surface area contributed by atoms with Gasteiger partial charge in [0.25, 0.3) is 0 Å². The molecule has 3 saturated carbocycles. The van der Waals surface area contributed by atoms with Gasteiger partial charge in [0.15, 0.2) is 0 Å². The molecule has 0 heterocycles. The minimum absolute atomic E-state index is 0.261. The molecule has 2 amide bonds. The summed E-state index contributed by atoms with van der Waals surface area (Å²) in [6.45, 7) is 0.